The van der Waals surface area contributed by atoms with Crippen LogP contribution in [0.4, 0.5) is 8.78 Å². The van der Waals surface area contributed by atoms with Crippen molar-refractivity contribution in [1.29, 1.82) is 10.5 Å². The molecule has 0 atom stereocenters. The molecule has 7 nitrogen and oxygen atoms in total. The minimum atomic E-state index is -0.731. The summed E-state index contributed by atoms with van der Waals surface area (Å²) in [5.41, 5.74) is -0.220. The maximum absolute atomic E-state index is 13.5. The lowest BCUT2D eigenvalue weighted by atomic mass is 10.1. The summed E-state index contributed by atoms with van der Waals surface area (Å²) in [6.45, 7) is 0. The van der Waals surface area contributed by atoms with Crippen molar-refractivity contribution in [2.24, 2.45) is 5.25 Å². The largest absolute Gasteiger partial charge is 0.426 e. The molecule has 0 aliphatic carbocycles. The maximum atomic E-state index is 13.5. The lowest BCUT2D eigenvalue weighted by Gasteiger charge is -2.06. The molecule has 0 spiro atoms. The van der Waals surface area contributed by atoms with E-state index < -0.39 is 23.6 Å². The van der Waals surface area contributed by atoms with Crippen molar-refractivity contribution >= 4 is 37.2 Å². The van der Waals surface area contributed by atoms with Crippen LogP contribution in [0.2, 0.25) is 0 Å². The van der Waals surface area contributed by atoms with Crippen LogP contribution in [0.25, 0.3) is 0 Å². The van der Waals surface area contributed by atoms with E-state index in [0.717, 1.165) is 37.8 Å². The lowest BCUT2D eigenvalue weighted by molar-refractivity contribution is -0.135. The van der Waals surface area contributed by atoms with E-state index in [-0.39, 0.29) is 49.0 Å². The second-order valence-corrected chi connectivity index (χ2v) is 7.08. The molecule has 0 heterocycles. The molecule has 0 aromatic heterocycles. The molecular weight excluding hydrogens is 500 g/mol. The molecule has 0 fully saturated rings. The van der Waals surface area contributed by atoms with Crippen LogP contribution in [0.1, 0.15) is 62.5 Å². The van der Waals surface area contributed by atoms with Crippen molar-refractivity contribution in [3.8, 4) is 23.6 Å². The van der Waals surface area contributed by atoms with Crippen LogP contribution >= 0.6 is 25.3 Å². The van der Waals surface area contributed by atoms with Gasteiger partial charge in [-0.2, -0.15) is 24.0 Å². The van der Waals surface area contributed by atoms with Gasteiger partial charge in [0, 0.05) is 25.0 Å². The number of benzene rings is 2. The first-order valence-electron chi connectivity index (χ1n) is 10.5. The molecule has 188 valence electrons. The number of nitriles is 2. The Morgan fingerprint density at radius 1 is 0.743 bits per heavy atom. The molecule has 0 amide bonds. The monoisotopic (exact) mass is 525 g/mol. The summed E-state index contributed by atoms with van der Waals surface area (Å²) >= 11 is 4.14. The zero-order valence-corrected chi connectivity index (χ0v) is 20.6. The number of hydrogen-bond donors (Lipinski definition) is 1. The standard InChI is InChI=1S/C24H22F2N2O4.ClH2N.H2S/c25-21-13-19(11-9-17(21)15-27)31-23(29)7-5-3-1-2-4-6-8-24(30)32-20-12-10-18(16-28)22(26)14-20;1-2;/h9-14H,1-8H2;2H2;1H2. The number of nitrogens with zero attached hydrogens (tertiary/aromatic N) is 2. The lowest BCUT2D eigenvalue weighted by Crippen LogP contribution is -2.08. The van der Waals surface area contributed by atoms with Crippen molar-refractivity contribution in [1.82, 2.24) is 0 Å². The van der Waals surface area contributed by atoms with Gasteiger partial charge in [0.15, 0.2) is 0 Å². The molecule has 11 heteroatoms. The van der Waals surface area contributed by atoms with E-state index in [1.165, 1.54) is 24.3 Å². The number of halogens is 3. The molecule has 2 N–H and O–H groups in total. The topological polar surface area (TPSA) is 126 Å². The van der Waals surface area contributed by atoms with E-state index in [1.54, 1.807) is 12.1 Å². The van der Waals surface area contributed by atoms with Gasteiger partial charge in [0.1, 0.15) is 35.3 Å². The second-order valence-electron chi connectivity index (χ2n) is 7.08. The Bertz CT molecular complexity index is 975. The smallest absolute Gasteiger partial charge is 0.311 e. The third-order valence-corrected chi connectivity index (χ3v) is 4.60. The van der Waals surface area contributed by atoms with Gasteiger partial charge in [-0.25, -0.2) is 14.0 Å². The number of rotatable bonds is 11. The second kappa shape index (κ2) is 18.2. The highest BCUT2D eigenvalue weighted by Crippen LogP contribution is 2.18. The van der Waals surface area contributed by atoms with E-state index >= 15 is 0 Å². The molecular formula is C24H26ClF2N3O4S. The predicted molar refractivity (Wildman–Crippen MR) is 131 cm³/mol. The molecule has 0 aliphatic heterocycles. The minimum absolute atomic E-state index is 0. The Morgan fingerprint density at radius 2 is 1.09 bits per heavy atom. The van der Waals surface area contributed by atoms with E-state index in [2.05, 4.69) is 17.0 Å². The fourth-order valence-electron chi connectivity index (χ4n) is 2.91. The molecule has 35 heavy (non-hydrogen) atoms. The molecule has 0 saturated carbocycles. The fourth-order valence-corrected chi connectivity index (χ4v) is 2.91. The van der Waals surface area contributed by atoms with Gasteiger partial charge in [-0.15, -0.1) is 0 Å². The number of unbranched alkanes of at least 4 members (excludes halogenated alkanes) is 5. The van der Waals surface area contributed by atoms with E-state index in [4.69, 9.17) is 20.0 Å². The molecule has 0 saturated heterocycles. The first kappa shape index (κ1) is 31.8. The van der Waals surface area contributed by atoms with Crippen molar-refractivity contribution < 1.29 is 27.8 Å². The molecule has 0 unspecified atom stereocenters. The fraction of sp³-hybridized carbons (Fsp3) is 0.333. The Morgan fingerprint density at radius 3 is 1.40 bits per heavy atom. The average molecular weight is 526 g/mol. The van der Waals surface area contributed by atoms with Crippen LogP contribution < -0.4 is 14.7 Å². The van der Waals surface area contributed by atoms with Gasteiger partial charge in [0.25, 0.3) is 0 Å². The molecule has 2 aromatic rings. The molecule has 0 bridgehead atoms. The van der Waals surface area contributed by atoms with Gasteiger partial charge in [-0.05, 0) is 48.9 Å². The normalized spacial score (nSPS) is 9.43. The van der Waals surface area contributed by atoms with Crippen molar-refractivity contribution in [2.45, 2.75) is 51.4 Å². The quantitative estimate of drug-likeness (QED) is 0.176. The van der Waals surface area contributed by atoms with Gasteiger partial charge in [-0.3, -0.25) is 9.59 Å². The maximum Gasteiger partial charge on any atom is 0.311 e. The average Bonchev–Trinajstić information content (AvgIpc) is 2.82. The highest BCUT2D eigenvalue weighted by atomic mass is 35.5. The summed E-state index contributed by atoms with van der Waals surface area (Å²) in [7, 11) is 0. The summed E-state index contributed by atoms with van der Waals surface area (Å²) in [6.07, 6.45) is 5.05. The van der Waals surface area contributed by atoms with Crippen molar-refractivity contribution in [2.75, 3.05) is 0 Å². The minimum Gasteiger partial charge on any atom is -0.426 e. The summed E-state index contributed by atoms with van der Waals surface area (Å²) < 4.78 is 37.1. The van der Waals surface area contributed by atoms with Crippen LogP contribution in [-0.2, 0) is 9.59 Å². The zero-order chi connectivity index (χ0) is 25.3. The van der Waals surface area contributed by atoms with Gasteiger partial charge in [-0.1, -0.05) is 25.7 Å². The van der Waals surface area contributed by atoms with Crippen LogP contribution in [0, 0.1) is 34.3 Å². The van der Waals surface area contributed by atoms with Gasteiger partial charge < -0.3 is 9.47 Å². The van der Waals surface area contributed by atoms with Crippen molar-refractivity contribution in [3.63, 3.8) is 0 Å². The number of carbonyl (C=O) groups excluding carboxylic acids is 2. The SMILES string of the molecule is N#Cc1ccc(OC(=O)CCCCCCCCC(=O)Oc2ccc(C#N)c(F)c2)cc1F.NCl.S. The number of nitrogens with two attached hydrogens (primary N) is 1. The highest BCUT2D eigenvalue weighted by molar-refractivity contribution is 7.59. The molecule has 2 rings (SSSR count). The zero-order valence-electron chi connectivity index (χ0n) is 18.9. The highest BCUT2D eigenvalue weighted by Gasteiger charge is 2.10. The number of esters is 2. The number of carbonyl (C=O) groups is 2. The number of hydrogen-bond acceptors (Lipinski definition) is 7. The van der Waals surface area contributed by atoms with E-state index in [0.29, 0.717) is 12.8 Å². The molecule has 0 radical (unpaired) electrons. The van der Waals surface area contributed by atoms with Gasteiger partial charge in [0.2, 0.25) is 0 Å². The van der Waals surface area contributed by atoms with Crippen LogP contribution in [0.15, 0.2) is 36.4 Å². The van der Waals surface area contributed by atoms with Gasteiger partial charge in [0.05, 0.1) is 11.1 Å². The Labute approximate surface area is 214 Å². The van der Waals surface area contributed by atoms with Crippen LogP contribution in [-0.4, -0.2) is 11.9 Å². The summed E-state index contributed by atoms with van der Waals surface area (Å²) in [4.78, 5) is 23.6. The summed E-state index contributed by atoms with van der Waals surface area (Å²) in [5.74, 6) is -2.24. The Kier molecular flexibility index (Phi) is 16.5. The third-order valence-electron chi connectivity index (χ3n) is 4.60. The van der Waals surface area contributed by atoms with E-state index in [9.17, 15) is 18.4 Å². The van der Waals surface area contributed by atoms with E-state index in [1.807, 2.05) is 0 Å². The summed E-state index contributed by atoms with van der Waals surface area (Å²) in [6, 6.07) is 10.7. The van der Waals surface area contributed by atoms with Crippen LogP contribution in [0.3, 0.4) is 0 Å². The van der Waals surface area contributed by atoms with Crippen molar-refractivity contribution in [3.05, 3.63) is 59.2 Å². The molecule has 2 aromatic carbocycles. The molecule has 0 aliphatic rings. The Balaban J connectivity index is 0.00000375. The van der Waals surface area contributed by atoms with Crippen LogP contribution in [0.5, 0.6) is 11.5 Å². The first-order valence-corrected chi connectivity index (χ1v) is 10.9. The predicted octanol–water partition coefficient (Wildman–Crippen LogP) is 5.55. The van der Waals surface area contributed by atoms with Gasteiger partial charge >= 0.3 is 11.9 Å². The Hall–Kier alpha value is -3.18. The number of ether oxygens (including phenoxy) is 2. The summed E-state index contributed by atoms with van der Waals surface area (Å²) in [5, 5.41) is 21.3. The third kappa shape index (κ3) is 12.2. The first-order chi connectivity index (χ1) is 16.4.